The van der Waals surface area contributed by atoms with Crippen LogP contribution in [-0.2, 0) is 6.42 Å². The first-order chi connectivity index (χ1) is 8.86. The number of benzene rings is 1. The SMILES string of the molecule is OCC(CO)CCCCCCCc1ccccc1. The Morgan fingerprint density at radius 3 is 2.06 bits per heavy atom. The Balaban J connectivity index is 1.93. The number of rotatable bonds is 10. The van der Waals surface area contributed by atoms with Crippen molar-refractivity contribution in [3.05, 3.63) is 35.9 Å². The molecule has 0 aliphatic carbocycles. The average molecular weight is 250 g/mol. The van der Waals surface area contributed by atoms with Gasteiger partial charge in [0.1, 0.15) is 0 Å². The van der Waals surface area contributed by atoms with Crippen LogP contribution in [0.15, 0.2) is 30.3 Å². The van der Waals surface area contributed by atoms with Gasteiger partial charge >= 0.3 is 0 Å². The molecule has 18 heavy (non-hydrogen) atoms. The van der Waals surface area contributed by atoms with Gasteiger partial charge in [-0.15, -0.1) is 0 Å². The van der Waals surface area contributed by atoms with Crippen LogP contribution in [0, 0.1) is 5.92 Å². The van der Waals surface area contributed by atoms with E-state index < -0.39 is 0 Å². The van der Waals surface area contributed by atoms with E-state index in [4.69, 9.17) is 10.2 Å². The van der Waals surface area contributed by atoms with Gasteiger partial charge in [-0.05, 0) is 24.8 Å². The summed E-state index contributed by atoms with van der Waals surface area (Å²) < 4.78 is 0. The van der Waals surface area contributed by atoms with Crippen LogP contribution in [0.5, 0.6) is 0 Å². The molecule has 102 valence electrons. The molecule has 0 saturated heterocycles. The Hall–Kier alpha value is -0.860. The van der Waals surface area contributed by atoms with Crippen molar-refractivity contribution in [2.24, 2.45) is 5.92 Å². The molecule has 0 heterocycles. The lowest BCUT2D eigenvalue weighted by Crippen LogP contribution is -2.10. The van der Waals surface area contributed by atoms with E-state index >= 15 is 0 Å². The summed E-state index contributed by atoms with van der Waals surface area (Å²) in [5.41, 5.74) is 1.43. The monoisotopic (exact) mass is 250 g/mol. The van der Waals surface area contributed by atoms with E-state index in [9.17, 15) is 0 Å². The zero-order valence-corrected chi connectivity index (χ0v) is 11.2. The van der Waals surface area contributed by atoms with E-state index in [0.717, 1.165) is 12.8 Å². The maximum absolute atomic E-state index is 8.93. The van der Waals surface area contributed by atoms with Crippen LogP contribution in [-0.4, -0.2) is 23.4 Å². The standard InChI is InChI=1S/C16H26O2/c17-13-16(14-18)12-6-3-1-2-5-9-15-10-7-4-8-11-15/h4,7-8,10-11,16-18H,1-3,5-6,9,12-14H2. The van der Waals surface area contributed by atoms with Crippen molar-refractivity contribution >= 4 is 0 Å². The minimum atomic E-state index is 0.0920. The van der Waals surface area contributed by atoms with E-state index in [-0.39, 0.29) is 19.1 Å². The molecule has 0 spiro atoms. The van der Waals surface area contributed by atoms with Gasteiger partial charge in [-0.1, -0.05) is 56.0 Å². The van der Waals surface area contributed by atoms with Crippen LogP contribution in [0.2, 0.25) is 0 Å². The number of aliphatic hydroxyl groups excluding tert-OH is 2. The molecule has 0 aromatic heterocycles. The minimum Gasteiger partial charge on any atom is -0.396 e. The molecule has 1 aromatic rings. The Morgan fingerprint density at radius 1 is 0.778 bits per heavy atom. The topological polar surface area (TPSA) is 40.5 Å². The van der Waals surface area contributed by atoms with Gasteiger partial charge in [0.05, 0.1) is 0 Å². The maximum Gasteiger partial charge on any atom is 0.0481 e. The molecule has 0 aliphatic heterocycles. The highest BCUT2D eigenvalue weighted by molar-refractivity contribution is 5.14. The van der Waals surface area contributed by atoms with E-state index in [0.29, 0.717) is 0 Å². The molecule has 0 saturated carbocycles. The lowest BCUT2D eigenvalue weighted by molar-refractivity contribution is 0.141. The van der Waals surface area contributed by atoms with Gasteiger partial charge in [-0.2, -0.15) is 0 Å². The van der Waals surface area contributed by atoms with Gasteiger partial charge in [-0.25, -0.2) is 0 Å². The molecule has 2 N–H and O–H groups in total. The summed E-state index contributed by atoms with van der Waals surface area (Å²) in [6, 6.07) is 10.6. The molecule has 2 heteroatoms. The van der Waals surface area contributed by atoms with Gasteiger partial charge in [-0.3, -0.25) is 0 Å². The molecule has 0 radical (unpaired) electrons. The third kappa shape index (κ3) is 6.77. The van der Waals surface area contributed by atoms with Gasteiger partial charge < -0.3 is 10.2 Å². The number of unbranched alkanes of at least 4 members (excludes halogenated alkanes) is 4. The molecule has 1 rings (SSSR count). The molecular weight excluding hydrogens is 224 g/mol. The van der Waals surface area contributed by atoms with Crippen molar-refractivity contribution in [3.8, 4) is 0 Å². The third-order valence-electron chi connectivity index (χ3n) is 3.44. The molecule has 0 atom stereocenters. The lowest BCUT2D eigenvalue weighted by atomic mass is 10.0. The molecule has 0 unspecified atom stereocenters. The van der Waals surface area contributed by atoms with Crippen molar-refractivity contribution in [2.75, 3.05) is 13.2 Å². The van der Waals surface area contributed by atoms with Gasteiger partial charge in [0.2, 0.25) is 0 Å². The molecule has 0 aliphatic rings. The highest BCUT2D eigenvalue weighted by Gasteiger charge is 2.04. The zero-order valence-electron chi connectivity index (χ0n) is 11.2. The first-order valence-corrected chi connectivity index (χ1v) is 7.12. The van der Waals surface area contributed by atoms with Crippen molar-refractivity contribution in [3.63, 3.8) is 0 Å². The summed E-state index contributed by atoms with van der Waals surface area (Å²) in [7, 11) is 0. The number of hydrogen-bond acceptors (Lipinski definition) is 2. The Kier molecular flexibility index (Phi) is 8.53. The largest absolute Gasteiger partial charge is 0.396 e. The van der Waals surface area contributed by atoms with Crippen molar-refractivity contribution < 1.29 is 10.2 Å². The Labute approximate surface area is 111 Å². The van der Waals surface area contributed by atoms with Gasteiger partial charge in [0.15, 0.2) is 0 Å². The average Bonchev–Trinajstić information content (AvgIpc) is 2.43. The predicted octanol–water partition coefficient (Wildman–Crippen LogP) is 3.17. The number of hydrogen-bond donors (Lipinski definition) is 2. The van der Waals surface area contributed by atoms with Crippen molar-refractivity contribution in [1.82, 2.24) is 0 Å². The summed E-state index contributed by atoms with van der Waals surface area (Å²) in [5.74, 6) is 0.0920. The zero-order chi connectivity index (χ0) is 13.1. The molecule has 0 bridgehead atoms. The summed E-state index contributed by atoms with van der Waals surface area (Å²) in [6.45, 7) is 0.231. The number of aryl methyl sites for hydroxylation is 1. The molecular formula is C16H26O2. The molecule has 0 amide bonds. The van der Waals surface area contributed by atoms with Crippen LogP contribution in [0.25, 0.3) is 0 Å². The fraction of sp³-hybridized carbons (Fsp3) is 0.625. The molecule has 0 fully saturated rings. The van der Waals surface area contributed by atoms with E-state index in [2.05, 4.69) is 30.3 Å². The fourth-order valence-corrected chi connectivity index (χ4v) is 2.18. The maximum atomic E-state index is 8.93. The van der Waals surface area contributed by atoms with Crippen LogP contribution in [0.1, 0.15) is 44.1 Å². The highest BCUT2D eigenvalue weighted by atomic mass is 16.3. The summed E-state index contributed by atoms with van der Waals surface area (Å²) in [6.07, 6.45) is 8.26. The summed E-state index contributed by atoms with van der Waals surface area (Å²) >= 11 is 0. The van der Waals surface area contributed by atoms with Crippen LogP contribution < -0.4 is 0 Å². The van der Waals surface area contributed by atoms with E-state index in [1.165, 1.54) is 37.7 Å². The first kappa shape index (κ1) is 15.2. The lowest BCUT2D eigenvalue weighted by Gasteiger charge is -2.09. The first-order valence-electron chi connectivity index (χ1n) is 7.12. The van der Waals surface area contributed by atoms with Crippen LogP contribution in [0.3, 0.4) is 0 Å². The third-order valence-corrected chi connectivity index (χ3v) is 3.44. The second kappa shape index (κ2) is 10.1. The highest BCUT2D eigenvalue weighted by Crippen LogP contribution is 2.12. The van der Waals surface area contributed by atoms with Crippen molar-refractivity contribution in [2.45, 2.75) is 44.9 Å². The Bertz CT molecular complexity index is 280. The molecule has 2 nitrogen and oxygen atoms in total. The minimum absolute atomic E-state index is 0.0920. The second-order valence-electron chi connectivity index (χ2n) is 5.02. The quantitative estimate of drug-likeness (QED) is 0.626. The number of aliphatic hydroxyl groups is 2. The second-order valence-corrected chi connectivity index (χ2v) is 5.02. The van der Waals surface area contributed by atoms with Gasteiger partial charge in [0.25, 0.3) is 0 Å². The summed E-state index contributed by atoms with van der Waals surface area (Å²) in [4.78, 5) is 0. The van der Waals surface area contributed by atoms with E-state index in [1.807, 2.05) is 0 Å². The smallest absolute Gasteiger partial charge is 0.0481 e. The van der Waals surface area contributed by atoms with Crippen molar-refractivity contribution in [1.29, 1.82) is 0 Å². The summed E-state index contributed by atoms with van der Waals surface area (Å²) in [5, 5.41) is 17.9. The van der Waals surface area contributed by atoms with E-state index in [1.54, 1.807) is 0 Å². The predicted molar refractivity (Wildman–Crippen MR) is 75.5 cm³/mol. The fourth-order valence-electron chi connectivity index (χ4n) is 2.18. The van der Waals surface area contributed by atoms with Crippen LogP contribution >= 0.6 is 0 Å². The molecule has 1 aromatic carbocycles. The van der Waals surface area contributed by atoms with Crippen LogP contribution in [0.4, 0.5) is 0 Å². The van der Waals surface area contributed by atoms with Gasteiger partial charge in [0, 0.05) is 19.1 Å². The Morgan fingerprint density at radius 2 is 1.39 bits per heavy atom. The normalized spacial score (nSPS) is 11.1.